The zero-order valence-corrected chi connectivity index (χ0v) is 16.1. The van der Waals surface area contributed by atoms with Gasteiger partial charge in [0.1, 0.15) is 0 Å². The number of amides is 1. The molecule has 0 spiro atoms. The maximum Gasteiger partial charge on any atom is 0.221 e. The van der Waals surface area contributed by atoms with Gasteiger partial charge in [-0.15, -0.1) is 24.0 Å². The van der Waals surface area contributed by atoms with Gasteiger partial charge in [0, 0.05) is 31.7 Å². The SMILES string of the molecule is CCNC(=NCCc1ccc(NC(C)=O)cc1)NC(C)C.I. The van der Waals surface area contributed by atoms with Crippen molar-refractivity contribution in [3.05, 3.63) is 29.8 Å². The highest BCUT2D eigenvalue weighted by atomic mass is 127. The molecule has 5 nitrogen and oxygen atoms in total. The van der Waals surface area contributed by atoms with Crippen molar-refractivity contribution in [1.29, 1.82) is 0 Å². The molecule has 0 fully saturated rings. The minimum Gasteiger partial charge on any atom is -0.357 e. The number of rotatable bonds is 6. The van der Waals surface area contributed by atoms with Gasteiger partial charge in [-0.25, -0.2) is 0 Å². The van der Waals surface area contributed by atoms with E-state index in [1.165, 1.54) is 12.5 Å². The van der Waals surface area contributed by atoms with Crippen molar-refractivity contribution < 1.29 is 4.79 Å². The normalized spacial score (nSPS) is 10.9. The van der Waals surface area contributed by atoms with Crippen molar-refractivity contribution in [3.8, 4) is 0 Å². The molecule has 22 heavy (non-hydrogen) atoms. The maximum atomic E-state index is 11.0. The summed E-state index contributed by atoms with van der Waals surface area (Å²) in [5, 5.41) is 9.27. The van der Waals surface area contributed by atoms with E-state index in [1.807, 2.05) is 24.3 Å². The molecule has 124 valence electrons. The highest BCUT2D eigenvalue weighted by Crippen LogP contribution is 2.09. The summed E-state index contributed by atoms with van der Waals surface area (Å²) in [6.45, 7) is 9.32. The van der Waals surface area contributed by atoms with E-state index in [0.29, 0.717) is 6.04 Å². The first-order valence-corrected chi connectivity index (χ1v) is 7.42. The molecule has 0 unspecified atom stereocenters. The summed E-state index contributed by atoms with van der Waals surface area (Å²) in [5.74, 6) is 0.796. The van der Waals surface area contributed by atoms with E-state index in [-0.39, 0.29) is 29.9 Å². The number of nitrogens with one attached hydrogen (secondary N) is 3. The Labute approximate surface area is 150 Å². The minimum absolute atomic E-state index is 0. The van der Waals surface area contributed by atoms with Crippen LogP contribution in [0.4, 0.5) is 5.69 Å². The van der Waals surface area contributed by atoms with Crippen LogP contribution in [0.15, 0.2) is 29.3 Å². The van der Waals surface area contributed by atoms with Crippen LogP contribution < -0.4 is 16.0 Å². The van der Waals surface area contributed by atoms with Crippen LogP contribution in [0.2, 0.25) is 0 Å². The predicted octanol–water partition coefficient (Wildman–Crippen LogP) is 2.77. The first-order valence-electron chi connectivity index (χ1n) is 7.42. The van der Waals surface area contributed by atoms with Gasteiger partial charge in [0.25, 0.3) is 0 Å². The van der Waals surface area contributed by atoms with E-state index >= 15 is 0 Å². The fourth-order valence-electron chi connectivity index (χ4n) is 1.85. The number of halogens is 1. The summed E-state index contributed by atoms with van der Waals surface area (Å²) in [6.07, 6.45) is 0.870. The molecule has 1 rings (SSSR count). The lowest BCUT2D eigenvalue weighted by Gasteiger charge is -2.13. The Bertz CT molecular complexity index is 472. The third-order valence-electron chi connectivity index (χ3n) is 2.71. The summed E-state index contributed by atoms with van der Waals surface area (Å²) in [7, 11) is 0. The molecule has 0 atom stereocenters. The number of carbonyl (C=O) groups excluding carboxylic acids is 1. The first kappa shape index (κ1) is 20.7. The fraction of sp³-hybridized carbons (Fsp3) is 0.500. The highest BCUT2D eigenvalue weighted by molar-refractivity contribution is 14.0. The van der Waals surface area contributed by atoms with Crippen LogP contribution in [0.25, 0.3) is 0 Å². The zero-order chi connectivity index (χ0) is 15.7. The Morgan fingerprint density at radius 3 is 2.36 bits per heavy atom. The molecule has 0 aromatic heterocycles. The van der Waals surface area contributed by atoms with Crippen molar-refractivity contribution in [2.24, 2.45) is 4.99 Å². The molecule has 0 saturated carbocycles. The van der Waals surface area contributed by atoms with Crippen LogP contribution >= 0.6 is 24.0 Å². The van der Waals surface area contributed by atoms with E-state index < -0.39 is 0 Å². The Morgan fingerprint density at radius 2 is 1.86 bits per heavy atom. The molecule has 3 N–H and O–H groups in total. The molecule has 0 heterocycles. The number of carbonyl (C=O) groups is 1. The fourth-order valence-corrected chi connectivity index (χ4v) is 1.85. The van der Waals surface area contributed by atoms with Crippen molar-refractivity contribution in [3.63, 3.8) is 0 Å². The molecule has 6 heteroatoms. The summed E-state index contributed by atoms with van der Waals surface area (Å²) in [5.41, 5.74) is 2.03. The van der Waals surface area contributed by atoms with Crippen LogP contribution in [0.3, 0.4) is 0 Å². The number of aliphatic imine (C=N–C) groups is 1. The van der Waals surface area contributed by atoms with E-state index in [0.717, 1.165) is 31.2 Å². The lowest BCUT2D eigenvalue weighted by Crippen LogP contribution is -2.41. The van der Waals surface area contributed by atoms with Crippen molar-refractivity contribution in [2.75, 3.05) is 18.4 Å². The number of hydrogen-bond acceptors (Lipinski definition) is 2. The van der Waals surface area contributed by atoms with Crippen molar-refractivity contribution in [2.45, 2.75) is 40.2 Å². The quantitative estimate of drug-likeness (QED) is 0.378. The molecule has 1 amide bonds. The molecule has 0 aliphatic rings. The van der Waals surface area contributed by atoms with Crippen LogP contribution in [0.1, 0.15) is 33.3 Å². The van der Waals surface area contributed by atoms with Gasteiger partial charge in [0.2, 0.25) is 5.91 Å². The largest absolute Gasteiger partial charge is 0.357 e. The predicted molar refractivity (Wildman–Crippen MR) is 104 cm³/mol. The van der Waals surface area contributed by atoms with Gasteiger partial charge in [-0.05, 0) is 44.9 Å². The van der Waals surface area contributed by atoms with Crippen LogP contribution in [0.5, 0.6) is 0 Å². The molecule has 0 bridgehead atoms. The number of guanidine groups is 1. The van der Waals surface area contributed by atoms with Crippen LogP contribution in [-0.4, -0.2) is 31.0 Å². The molecule has 1 aromatic carbocycles. The van der Waals surface area contributed by atoms with E-state index in [9.17, 15) is 4.79 Å². The lowest BCUT2D eigenvalue weighted by atomic mass is 10.1. The van der Waals surface area contributed by atoms with Gasteiger partial charge in [0.15, 0.2) is 5.96 Å². The third-order valence-corrected chi connectivity index (χ3v) is 2.71. The lowest BCUT2D eigenvalue weighted by molar-refractivity contribution is -0.114. The topological polar surface area (TPSA) is 65.5 Å². The van der Waals surface area contributed by atoms with Gasteiger partial charge in [-0.3, -0.25) is 9.79 Å². The molecular weight excluding hydrogens is 391 g/mol. The third kappa shape index (κ3) is 8.86. The Kier molecular flexibility index (Phi) is 10.6. The van der Waals surface area contributed by atoms with Gasteiger partial charge < -0.3 is 16.0 Å². The second-order valence-corrected chi connectivity index (χ2v) is 5.19. The van der Waals surface area contributed by atoms with Gasteiger partial charge in [-0.1, -0.05) is 12.1 Å². The maximum absolute atomic E-state index is 11.0. The second-order valence-electron chi connectivity index (χ2n) is 5.19. The highest BCUT2D eigenvalue weighted by Gasteiger charge is 2.00. The summed E-state index contributed by atoms with van der Waals surface area (Å²) in [4.78, 5) is 15.5. The smallest absolute Gasteiger partial charge is 0.221 e. The number of benzene rings is 1. The van der Waals surface area contributed by atoms with E-state index in [4.69, 9.17) is 0 Å². The van der Waals surface area contributed by atoms with Crippen LogP contribution in [0, 0.1) is 0 Å². The minimum atomic E-state index is -0.0533. The molecule has 0 radical (unpaired) electrons. The molecular formula is C16H27IN4O. The number of anilines is 1. The van der Waals surface area contributed by atoms with Gasteiger partial charge >= 0.3 is 0 Å². The molecule has 0 aliphatic carbocycles. The average molecular weight is 418 g/mol. The van der Waals surface area contributed by atoms with Crippen LogP contribution in [-0.2, 0) is 11.2 Å². The monoisotopic (exact) mass is 418 g/mol. The first-order chi connectivity index (χ1) is 10.0. The number of nitrogens with zero attached hydrogens (tertiary/aromatic N) is 1. The number of hydrogen-bond donors (Lipinski definition) is 3. The van der Waals surface area contributed by atoms with Gasteiger partial charge in [-0.2, -0.15) is 0 Å². The standard InChI is InChI=1S/C16H26N4O.HI/c1-5-17-16(19-12(2)3)18-11-10-14-6-8-15(9-7-14)20-13(4)21;/h6-9,12H,5,10-11H2,1-4H3,(H,20,21)(H2,17,18,19);1H. The average Bonchev–Trinajstić information content (AvgIpc) is 2.39. The molecule has 0 aliphatic heterocycles. The second kappa shape index (κ2) is 11.3. The molecule has 1 aromatic rings. The van der Waals surface area contributed by atoms with Crippen molar-refractivity contribution in [1.82, 2.24) is 10.6 Å². The Balaban J connectivity index is 0.00000441. The van der Waals surface area contributed by atoms with E-state index in [1.54, 1.807) is 0 Å². The summed E-state index contributed by atoms with van der Waals surface area (Å²) in [6, 6.07) is 8.23. The molecule has 0 saturated heterocycles. The van der Waals surface area contributed by atoms with Crippen molar-refractivity contribution >= 4 is 41.5 Å². The summed E-state index contributed by atoms with van der Waals surface area (Å²) < 4.78 is 0. The summed E-state index contributed by atoms with van der Waals surface area (Å²) >= 11 is 0. The van der Waals surface area contributed by atoms with E-state index in [2.05, 4.69) is 41.7 Å². The zero-order valence-electron chi connectivity index (χ0n) is 13.8. The Hall–Kier alpha value is -1.31. The Morgan fingerprint density at radius 1 is 1.23 bits per heavy atom. The van der Waals surface area contributed by atoms with Gasteiger partial charge in [0.05, 0.1) is 0 Å².